The van der Waals surface area contributed by atoms with Crippen LogP contribution in [0.2, 0.25) is 0 Å². The molecule has 0 aromatic carbocycles. The minimum atomic E-state index is -0.657. The largest absolute Gasteiger partial charge is 0.481 e. The lowest BCUT2D eigenvalue weighted by molar-refractivity contribution is -0.137. The molecule has 0 radical (unpaired) electrons. The Morgan fingerprint density at radius 2 is 0.654 bits per heavy atom. The van der Waals surface area contributed by atoms with Gasteiger partial charge in [-0.3, -0.25) is 4.79 Å². The molecule has 0 spiro atoms. The lowest BCUT2D eigenvalue weighted by Crippen LogP contribution is -1.93. The van der Waals surface area contributed by atoms with Crippen LogP contribution in [0.3, 0.4) is 0 Å². The molecule has 156 valence electrons. The summed E-state index contributed by atoms with van der Waals surface area (Å²) >= 11 is 0. The Bertz CT molecular complexity index is 279. The third kappa shape index (κ3) is 23.4. The Balaban J connectivity index is 2.98. The zero-order valence-corrected chi connectivity index (χ0v) is 17.4. The van der Waals surface area contributed by atoms with Gasteiger partial charge >= 0.3 is 5.97 Å². The maximum atomic E-state index is 10.4. The number of aliphatic carboxylic acids is 1. The van der Waals surface area contributed by atoms with Crippen LogP contribution in [0.4, 0.5) is 0 Å². The number of carboxylic acids is 1. The molecule has 0 unspecified atom stereocenters. The van der Waals surface area contributed by atoms with E-state index in [1.54, 1.807) is 0 Å². The molecule has 0 saturated carbocycles. The maximum absolute atomic E-state index is 10.4. The zero-order chi connectivity index (χ0) is 19.1. The van der Waals surface area contributed by atoms with E-state index in [1.165, 1.54) is 109 Å². The first-order valence-electron chi connectivity index (χ1n) is 11.6. The predicted molar refractivity (Wildman–Crippen MR) is 112 cm³/mol. The number of aliphatic hydroxyl groups excluding tert-OH is 1. The summed E-state index contributed by atoms with van der Waals surface area (Å²) in [5.74, 6) is -0.657. The van der Waals surface area contributed by atoms with Crippen LogP contribution in [-0.4, -0.2) is 22.8 Å². The molecule has 0 heterocycles. The molecule has 26 heavy (non-hydrogen) atoms. The lowest BCUT2D eigenvalue weighted by atomic mass is 10.0. The molecule has 0 fully saturated rings. The molecule has 0 saturated heterocycles. The van der Waals surface area contributed by atoms with Gasteiger partial charge in [0.2, 0.25) is 0 Å². The Kier molecular flexibility index (Phi) is 22.0. The Morgan fingerprint density at radius 1 is 0.423 bits per heavy atom. The van der Waals surface area contributed by atoms with Gasteiger partial charge in [0, 0.05) is 13.0 Å². The van der Waals surface area contributed by atoms with E-state index in [0.717, 1.165) is 19.3 Å². The van der Waals surface area contributed by atoms with Crippen molar-refractivity contribution in [1.29, 1.82) is 0 Å². The fraction of sp³-hybridized carbons (Fsp3) is 0.957. The second-order valence-corrected chi connectivity index (χ2v) is 7.94. The van der Waals surface area contributed by atoms with Crippen molar-refractivity contribution in [1.82, 2.24) is 0 Å². The van der Waals surface area contributed by atoms with Crippen LogP contribution in [0.25, 0.3) is 0 Å². The molecule has 0 aliphatic heterocycles. The average molecular weight is 371 g/mol. The van der Waals surface area contributed by atoms with Crippen LogP contribution in [0.5, 0.6) is 0 Å². The first-order valence-corrected chi connectivity index (χ1v) is 11.6. The van der Waals surface area contributed by atoms with Gasteiger partial charge in [-0.2, -0.15) is 0 Å². The number of carbonyl (C=O) groups is 1. The highest BCUT2D eigenvalue weighted by Crippen LogP contribution is 2.14. The van der Waals surface area contributed by atoms with Gasteiger partial charge in [0.05, 0.1) is 0 Å². The van der Waals surface area contributed by atoms with Crippen molar-refractivity contribution in [3.05, 3.63) is 0 Å². The first kappa shape index (κ1) is 25.4. The minimum Gasteiger partial charge on any atom is -0.481 e. The van der Waals surface area contributed by atoms with E-state index >= 15 is 0 Å². The lowest BCUT2D eigenvalue weighted by Gasteiger charge is -2.04. The fourth-order valence-corrected chi connectivity index (χ4v) is 3.57. The van der Waals surface area contributed by atoms with Crippen molar-refractivity contribution in [2.75, 3.05) is 6.61 Å². The van der Waals surface area contributed by atoms with Crippen molar-refractivity contribution in [3.8, 4) is 0 Å². The van der Waals surface area contributed by atoms with E-state index in [2.05, 4.69) is 0 Å². The van der Waals surface area contributed by atoms with Crippen LogP contribution in [0, 0.1) is 0 Å². The maximum Gasteiger partial charge on any atom is 0.303 e. The molecule has 0 atom stereocenters. The Labute approximate surface area is 163 Å². The molecule has 3 nitrogen and oxygen atoms in total. The zero-order valence-electron chi connectivity index (χ0n) is 17.4. The summed E-state index contributed by atoms with van der Waals surface area (Å²) in [5, 5.41) is 17.3. The summed E-state index contributed by atoms with van der Waals surface area (Å²) in [7, 11) is 0. The molecule has 0 amide bonds. The van der Waals surface area contributed by atoms with Gasteiger partial charge in [0.1, 0.15) is 0 Å². The summed E-state index contributed by atoms with van der Waals surface area (Å²) in [6.07, 6.45) is 26.3. The summed E-state index contributed by atoms with van der Waals surface area (Å²) < 4.78 is 0. The summed E-state index contributed by atoms with van der Waals surface area (Å²) in [5.41, 5.74) is 0. The van der Waals surface area contributed by atoms with Crippen molar-refractivity contribution in [2.24, 2.45) is 0 Å². The number of hydrogen-bond acceptors (Lipinski definition) is 2. The van der Waals surface area contributed by atoms with E-state index in [-0.39, 0.29) is 0 Å². The summed E-state index contributed by atoms with van der Waals surface area (Å²) in [6, 6.07) is 0. The normalized spacial score (nSPS) is 11.1. The molecule has 0 bridgehead atoms. The topological polar surface area (TPSA) is 57.5 Å². The van der Waals surface area contributed by atoms with E-state index in [1.807, 2.05) is 0 Å². The second kappa shape index (κ2) is 22.5. The third-order valence-electron chi connectivity index (χ3n) is 5.30. The number of hydrogen-bond donors (Lipinski definition) is 2. The van der Waals surface area contributed by atoms with Gasteiger partial charge in [-0.1, -0.05) is 116 Å². The smallest absolute Gasteiger partial charge is 0.303 e. The minimum absolute atomic E-state index is 0.339. The van der Waals surface area contributed by atoms with Gasteiger partial charge in [0.15, 0.2) is 0 Å². The van der Waals surface area contributed by atoms with Crippen LogP contribution in [-0.2, 0) is 4.79 Å². The van der Waals surface area contributed by atoms with Gasteiger partial charge < -0.3 is 10.2 Å². The van der Waals surface area contributed by atoms with Crippen LogP contribution >= 0.6 is 0 Å². The van der Waals surface area contributed by atoms with Crippen molar-refractivity contribution in [3.63, 3.8) is 0 Å². The molecular formula is C23H46O3. The molecule has 0 rings (SSSR count). The van der Waals surface area contributed by atoms with Crippen molar-refractivity contribution >= 4 is 5.97 Å². The third-order valence-corrected chi connectivity index (χ3v) is 5.30. The SMILES string of the molecule is O=C(O)CCCCCCCCCCCCCCCCCCCCCCO. The number of unbranched alkanes of at least 4 members (excludes halogenated alkanes) is 19. The number of carboxylic acid groups (broad SMARTS) is 1. The summed E-state index contributed by atoms with van der Waals surface area (Å²) in [4.78, 5) is 10.4. The molecule has 3 heteroatoms. The van der Waals surface area contributed by atoms with Crippen molar-refractivity contribution < 1.29 is 15.0 Å². The van der Waals surface area contributed by atoms with E-state index in [9.17, 15) is 4.79 Å². The Hall–Kier alpha value is -0.570. The number of aliphatic hydroxyl groups is 1. The van der Waals surface area contributed by atoms with Gasteiger partial charge in [-0.15, -0.1) is 0 Å². The molecular weight excluding hydrogens is 324 g/mol. The molecule has 0 aromatic rings. The van der Waals surface area contributed by atoms with Crippen LogP contribution in [0.15, 0.2) is 0 Å². The predicted octanol–water partition coefficient (Wildman–Crippen LogP) is 7.26. The van der Waals surface area contributed by atoms with Crippen LogP contribution in [0.1, 0.15) is 135 Å². The van der Waals surface area contributed by atoms with Gasteiger partial charge in [-0.05, 0) is 12.8 Å². The van der Waals surface area contributed by atoms with Crippen LogP contribution < -0.4 is 0 Å². The quantitative estimate of drug-likeness (QED) is 0.197. The van der Waals surface area contributed by atoms with Gasteiger partial charge in [0.25, 0.3) is 0 Å². The average Bonchev–Trinajstić information content (AvgIpc) is 2.62. The first-order chi connectivity index (χ1) is 12.8. The van der Waals surface area contributed by atoms with E-state index < -0.39 is 5.97 Å². The Morgan fingerprint density at radius 3 is 0.885 bits per heavy atom. The standard InChI is InChI=1S/C23H46O3/c24-22-20-18-16-14-12-10-8-6-4-2-1-3-5-7-9-11-13-15-17-19-21-23(25)26/h24H,1-22H2,(H,25,26). The molecule has 0 aliphatic rings. The second-order valence-electron chi connectivity index (χ2n) is 7.94. The van der Waals surface area contributed by atoms with E-state index in [0.29, 0.717) is 13.0 Å². The fourth-order valence-electron chi connectivity index (χ4n) is 3.57. The number of rotatable bonds is 22. The molecule has 0 aromatic heterocycles. The van der Waals surface area contributed by atoms with E-state index in [4.69, 9.17) is 10.2 Å². The van der Waals surface area contributed by atoms with Crippen molar-refractivity contribution in [2.45, 2.75) is 135 Å². The monoisotopic (exact) mass is 370 g/mol. The highest BCUT2D eigenvalue weighted by molar-refractivity contribution is 5.66. The molecule has 0 aliphatic carbocycles. The van der Waals surface area contributed by atoms with Gasteiger partial charge in [-0.25, -0.2) is 0 Å². The highest BCUT2D eigenvalue weighted by Gasteiger charge is 1.97. The highest BCUT2D eigenvalue weighted by atomic mass is 16.4. The molecule has 2 N–H and O–H groups in total. The summed E-state index contributed by atoms with van der Waals surface area (Å²) in [6.45, 7) is 0.357.